The smallest absolute Gasteiger partial charge is 0.323 e. The Labute approximate surface area is 242 Å². The van der Waals surface area contributed by atoms with Gasteiger partial charge in [0.05, 0.1) is 12.6 Å². The minimum absolute atomic E-state index is 0.186. The number of pyridine rings is 1. The summed E-state index contributed by atoms with van der Waals surface area (Å²) in [5.41, 5.74) is 0.256. The molecule has 6 rings (SSSR count). The minimum atomic E-state index is -4.26. The van der Waals surface area contributed by atoms with Crippen LogP contribution in [0.4, 0.5) is 0 Å². The molecule has 1 saturated carbocycles. The van der Waals surface area contributed by atoms with Crippen molar-refractivity contribution in [2.75, 3.05) is 13.1 Å². The summed E-state index contributed by atoms with van der Waals surface area (Å²) >= 11 is 1.61. The average Bonchev–Trinajstić information content (AvgIpc) is 3.73. The molecule has 2 saturated heterocycles. The van der Waals surface area contributed by atoms with E-state index in [-0.39, 0.29) is 35.3 Å². The van der Waals surface area contributed by atoms with Gasteiger partial charge in [-0.3, -0.25) is 14.4 Å². The molecule has 1 aromatic carbocycles. The Bertz CT molecular complexity index is 1580. The number of fused-ring (bicyclic) bond motifs is 1. The van der Waals surface area contributed by atoms with Gasteiger partial charge in [-0.15, -0.1) is 11.3 Å². The van der Waals surface area contributed by atoms with Crippen molar-refractivity contribution in [2.45, 2.75) is 61.2 Å². The molecule has 0 spiro atoms. The number of hydrogen-bond donors (Lipinski definition) is 1. The Kier molecular flexibility index (Phi) is 7.16. The second-order valence-corrected chi connectivity index (χ2v) is 13.6. The van der Waals surface area contributed by atoms with Crippen molar-refractivity contribution in [3.8, 4) is 10.4 Å². The highest BCUT2D eigenvalue weighted by Gasteiger charge is 2.57. The lowest BCUT2D eigenvalue weighted by Gasteiger charge is -2.40. The highest BCUT2D eigenvalue weighted by Crippen LogP contribution is 2.38. The van der Waals surface area contributed by atoms with Gasteiger partial charge in [-0.25, -0.2) is 8.42 Å². The molecule has 12 heteroatoms. The molecule has 3 fully saturated rings. The zero-order valence-electron chi connectivity index (χ0n) is 22.3. The van der Waals surface area contributed by atoms with E-state index in [1.54, 1.807) is 23.5 Å². The van der Waals surface area contributed by atoms with Crippen LogP contribution in [0.2, 0.25) is 0 Å². The van der Waals surface area contributed by atoms with Gasteiger partial charge in [0.1, 0.15) is 11.6 Å². The number of nitrogens with zero attached hydrogens (tertiary/aromatic N) is 3. The van der Waals surface area contributed by atoms with Crippen molar-refractivity contribution in [1.82, 2.24) is 14.5 Å². The number of rotatable bonds is 6. The maximum atomic E-state index is 14.2. The van der Waals surface area contributed by atoms with Crippen LogP contribution in [0.15, 0.2) is 71.2 Å². The quantitative estimate of drug-likeness (QED) is 0.345. The molecular weight excluding hydrogens is 564 g/mol. The number of carbonyl (C=O) groups is 3. The van der Waals surface area contributed by atoms with Gasteiger partial charge in [0, 0.05) is 29.1 Å². The van der Waals surface area contributed by atoms with Crippen molar-refractivity contribution < 1.29 is 27.5 Å². The van der Waals surface area contributed by atoms with E-state index >= 15 is 0 Å². The monoisotopic (exact) mass is 594 g/mol. The van der Waals surface area contributed by atoms with Gasteiger partial charge in [0.2, 0.25) is 5.91 Å². The number of Topliss-reactive ketones (excluding diaryl/α,β-unsaturated/α-hetero) is 1. The van der Waals surface area contributed by atoms with Gasteiger partial charge < -0.3 is 15.4 Å². The molecule has 41 heavy (non-hydrogen) atoms. The lowest BCUT2D eigenvalue weighted by molar-refractivity contribution is -0.646. The third-order valence-electron chi connectivity index (χ3n) is 8.42. The standard InChI is InChI=1S/C29H30N4O6S2/c34-23-19-33(41(38,39)25-8-2-5-16-32(25)37)22-13-17-31(26(22)23)28(36)29(14-3-1-4-15-29)30-27(35)21-11-9-20(10-12-21)24-7-6-18-40-24/h2,5-12,16,18,22,26H,1,3-4,13-15,17,19H2,(H,30,35). The second-order valence-electron chi connectivity index (χ2n) is 10.8. The van der Waals surface area contributed by atoms with Crippen LogP contribution in [-0.2, 0) is 19.6 Å². The molecule has 3 aromatic rings. The number of amides is 2. The predicted octanol–water partition coefficient (Wildman–Crippen LogP) is 2.72. The van der Waals surface area contributed by atoms with Gasteiger partial charge in [0.25, 0.3) is 5.91 Å². The molecule has 214 valence electrons. The van der Waals surface area contributed by atoms with Crippen LogP contribution in [0.1, 0.15) is 48.9 Å². The van der Waals surface area contributed by atoms with E-state index in [0.717, 1.165) is 40.2 Å². The number of aromatic nitrogens is 1. The number of likely N-dealkylation sites (tertiary alicyclic amines) is 1. The molecule has 2 atom stereocenters. The fourth-order valence-corrected chi connectivity index (χ4v) is 8.78. The SMILES string of the molecule is O=C(NC1(C(=O)N2CCC3C2C(=O)CN3S(=O)(=O)c2cccc[n+]2[O-])CCCCC1)c1ccc(-c2cccs2)cc1. The van der Waals surface area contributed by atoms with Crippen molar-refractivity contribution in [1.29, 1.82) is 0 Å². The summed E-state index contributed by atoms with van der Waals surface area (Å²) in [4.78, 5) is 43.4. The molecule has 1 N–H and O–H groups in total. The Morgan fingerprint density at radius 2 is 1.78 bits per heavy atom. The van der Waals surface area contributed by atoms with Crippen molar-refractivity contribution in [3.63, 3.8) is 0 Å². The summed E-state index contributed by atoms with van der Waals surface area (Å²) < 4.78 is 28.1. The molecule has 2 unspecified atom stereocenters. The number of sulfonamides is 1. The molecular formula is C29H30N4O6S2. The maximum absolute atomic E-state index is 14.2. The van der Waals surface area contributed by atoms with E-state index in [1.807, 2.05) is 29.6 Å². The Morgan fingerprint density at radius 1 is 1.02 bits per heavy atom. The Morgan fingerprint density at radius 3 is 2.46 bits per heavy atom. The maximum Gasteiger partial charge on any atom is 0.323 e. The lowest BCUT2D eigenvalue weighted by atomic mass is 9.80. The first-order valence-corrected chi connectivity index (χ1v) is 16.0. The third kappa shape index (κ3) is 4.83. The minimum Gasteiger partial charge on any atom is -0.618 e. The van der Waals surface area contributed by atoms with Crippen LogP contribution >= 0.6 is 11.3 Å². The number of hydrogen-bond acceptors (Lipinski definition) is 7. The number of nitrogens with one attached hydrogen (secondary N) is 1. The number of carbonyl (C=O) groups excluding carboxylic acids is 3. The van der Waals surface area contributed by atoms with E-state index in [1.165, 1.54) is 23.1 Å². The van der Waals surface area contributed by atoms with Gasteiger partial charge in [-0.05, 0) is 54.5 Å². The molecule has 10 nitrogen and oxygen atoms in total. The molecule has 2 aromatic heterocycles. The highest BCUT2D eigenvalue weighted by molar-refractivity contribution is 7.89. The van der Waals surface area contributed by atoms with Crippen LogP contribution in [0, 0.1) is 5.21 Å². The number of ketones is 1. The zero-order chi connectivity index (χ0) is 28.8. The van der Waals surface area contributed by atoms with E-state index in [0.29, 0.717) is 18.4 Å². The molecule has 2 aliphatic heterocycles. The van der Waals surface area contributed by atoms with Gasteiger partial charge >= 0.3 is 15.0 Å². The van der Waals surface area contributed by atoms with E-state index in [2.05, 4.69) is 5.32 Å². The van der Waals surface area contributed by atoms with Crippen molar-refractivity contribution in [3.05, 3.63) is 76.9 Å². The first kappa shape index (κ1) is 27.6. The van der Waals surface area contributed by atoms with Crippen LogP contribution in [0.25, 0.3) is 10.4 Å². The molecule has 0 radical (unpaired) electrons. The molecule has 4 heterocycles. The summed E-state index contributed by atoms with van der Waals surface area (Å²) in [6, 6.07) is 13.6. The summed E-state index contributed by atoms with van der Waals surface area (Å²) in [7, 11) is -4.26. The van der Waals surface area contributed by atoms with E-state index in [9.17, 15) is 28.0 Å². The Hall–Kier alpha value is -3.61. The van der Waals surface area contributed by atoms with Gasteiger partial charge in [-0.2, -0.15) is 9.04 Å². The van der Waals surface area contributed by atoms with Crippen molar-refractivity contribution >= 4 is 39.0 Å². The topological polar surface area (TPSA) is 131 Å². The molecule has 2 amide bonds. The predicted molar refractivity (Wildman–Crippen MR) is 151 cm³/mol. The first-order chi connectivity index (χ1) is 19.7. The Balaban J connectivity index is 1.24. The summed E-state index contributed by atoms with van der Waals surface area (Å²) in [5, 5.41) is 16.8. The molecule has 0 bridgehead atoms. The first-order valence-electron chi connectivity index (χ1n) is 13.7. The third-order valence-corrected chi connectivity index (χ3v) is 11.2. The zero-order valence-corrected chi connectivity index (χ0v) is 23.9. The summed E-state index contributed by atoms with van der Waals surface area (Å²) in [6.45, 7) is -0.225. The van der Waals surface area contributed by atoms with Gasteiger partial charge in [0.15, 0.2) is 12.0 Å². The number of benzene rings is 1. The number of thiophene rings is 1. The van der Waals surface area contributed by atoms with E-state index in [4.69, 9.17) is 0 Å². The van der Waals surface area contributed by atoms with Gasteiger partial charge in [-0.1, -0.05) is 37.5 Å². The molecule has 1 aliphatic carbocycles. The average molecular weight is 595 g/mol. The lowest BCUT2D eigenvalue weighted by Crippen LogP contribution is -2.62. The van der Waals surface area contributed by atoms with Crippen LogP contribution in [0.5, 0.6) is 0 Å². The van der Waals surface area contributed by atoms with E-state index < -0.39 is 39.2 Å². The second kappa shape index (κ2) is 10.7. The highest BCUT2D eigenvalue weighted by atomic mass is 32.2. The van der Waals surface area contributed by atoms with Crippen LogP contribution < -0.4 is 10.0 Å². The summed E-state index contributed by atoms with van der Waals surface area (Å²) in [5.74, 6) is -1.10. The fourth-order valence-electron chi connectivity index (χ4n) is 6.39. The summed E-state index contributed by atoms with van der Waals surface area (Å²) in [6.07, 6.45) is 4.67. The normalized spacial score (nSPS) is 22.4. The van der Waals surface area contributed by atoms with Crippen LogP contribution in [-0.4, -0.2) is 65.9 Å². The van der Waals surface area contributed by atoms with Crippen molar-refractivity contribution in [2.24, 2.45) is 0 Å². The largest absolute Gasteiger partial charge is 0.618 e. The van der Waals surface area contributed by atoms with Crippen LogP contribution in [0.3, 0.4) is 0 Å². The molecule has 3 aliphatic rings. The fraction of sp³-hybridized carbons (Fsp3) is 0.379.